The molecule has 1 saturated carbocycles. The molecule has 0 saturated heterocycles. The second-order valence-electron chi connectivity index (χ2n) is 8.38. The van der Waals surface area contributed by atoms with Crippen molar-refractivity contribution in [1.29, 1.82) is 0 Å². The highest BCUT2D eigenvalue weighted by atomic mass is 35.5. The molecule has 0 bridgehead atoms. The molecule has 9 heteroatoms. The molecule has 3 rings (SSSR count). The van der Waals surface area contributed by atoms with E-state index in [1.54, 1.807) is 12.1 Å². The summed E-state index contributed by atoms with van der Waals surface area (Å²) >= 11 is 6.17. The summed E-state index contributed by atoms with van der Waals surface area (Å²) in [4.78, 5) is 37.0. The minimum Gasteiger partial charge on any atom is -0.480 e. The van der Waals surface area contributed by atoms with Crippen LogP contribution in [-0.2, 0) is 15.0 Å². The normalized spacial score (nSPS) is 20.1. The lowest BCUT2D eigenvalue weighted by molar-refractivity contribution is -0.146. The number of carbonyl (C=O) groups excluding carboxylic acids is 1. The predicted molar refractivity (Wildman–Crippen MR) is 126 cm³/mol. The summed E-state index contributed by atoms with van der Waals surface area (Å²) in [5.74, 6) is -2.50. The number of halogens is 1. The number of carboxylic acid groups (broad SMARTS) is 2. The summed E-state index contributed by atoms with van der Waals surface area (Å²) in [6.07, 6.45) is 2.67. The summed E-state index contributed by atoms with van der Waals surface area (Å²) in [6.45, 7) is -0.0925. The molecule has 1 aliphatic rings. The number of anilines is 1. The van der Waals surface area contributed by atoms with Crippen molar-refractivity contribution in [3.05, 3.63) is 64.7 Å². The number of benzene rings is 2. The van der Waals surface area contributed by atoms with Gasteiger partial charge >= 0.3 is 11.9 Å². The standard InChI is InChI=1S/C24H28ClN3O5/c25-18-5-2-4-17(12-18)24(15-26)9-7-20(8-10-24)28(14-22(30)31)21(29)13-27-19-6-1-3-16(11-19)23(32)33/h1-6,11-12,20,27H,7-10,13-15,26H2,(H,30,31)(H,32,33). The van der Waals surface area contributed by atoms with Crippen molar-refractivity contribution < 1.29 is 24.6 Å². The van der Waals surface area contributed by atoms with Crippen LogP contribution in [0.25, 0.3) is 0 Å². The molecular formula is C24H28ClN3O5. The van der Waals surface area contributed by atoms with Crippen LogP contribution in [0.15, 0.2) is 48.5 Å². The number of nitrogens with zero attached hydrogens (tertiary/aromatic N) is 1. The quantitative estimate of drug-likeness (QED) is 0.439. The van der Waals surface area contributed by atoms with Gasteiger partial charge in [0.25, 0.3) is 0 Å². The Morgan fingerprint density at radius 2 is 1.79 bits per heavy atom. The van der Waals surface area contributed by atoms with E-state index in [1.807, 2.05) is 24.3 Å². The lowest BCUT2D eigenvalue weighted by Crippen LogP contribution is -2.50. The van der Waals surface area contributed by atoms with Crippen molar-refractivity contribution in [1.82, 2.24) is 4.90 Å². The van der Waals surface area contributed by atoms with Crippen molar-refractivity contribution in [2.75, 3.05) is 25.0 Å². The molecule has 2 aromatic carbocycles. The molecule has 1 fully saturated rings. The van der Waals surface area contributed by atoms with Crippen molar-refractivity contribution in [2.24, 2.45) is 5.73 Å². The van der Waals surface area contributed by atoms with Crippen LogP contribution in [0.3, 0.4) is 0 Å². The summed E-state index contributed by atoms with van der Waals surface area (Å²) in [5, 5.41) is 22.1. The second-order valence-corrected chi connectivity index (χ2v) is 8.82. The summed E-state index contributed by atoms with van der Waals surface area (Å²) < 4.78 is 0. The van der Waals surface area contributed by atoms with Gasteiger partial charge in [-0.1, -0.05) is 29.8 Å². The molecule has 176 valence electrons. The lowest BCUT2D eigenvalue weighted by atomic mass is 9.68. The molecule has 0 atom stereocenters. The Balaban J connectivity index is 1.69. The fourth-order valence-corrected chi connectivity index (χ4v) is 4.69. The van der Waals surface area contributed by atoms with Gasteiger partial charge < -0.3 is 26.2 Å². The van der Waals surface area contributed by atoms with Crippen LogP contribution < -0.4 is 11.1 Å². The second kappa shape index (κ2) is 10.7. The van der Waals surface area contributed by atoms with E-state index in [0.29, 0.717) is 42.9 Å². The monoisotopic (exact) mass is 473 g/mol. The third-order valence-electron chi connectivity index (χ3n) is 6.36. The zero-order chi connectivity index (χ0) is 24.0. The van der Waals surface area contributed by atoms with E-state index in [9.17, 15) is 19.5 Å². The van der Waals surface area contributed by atoms with Gasteiger partial charge in [0.05, 0.1) is 12.1 Å². The molecule has 33 heavy (non-hydrogen) atoms. The fourth-order valence-electron chi connectivity index (χ4n) is 4.50. The highest BCUT2D eigenvalue weighted by molar-refractivity contribution is 6.30. The number of hydrogen-bond donors (Lipinski definition) is 4. The van der Waals surface area contributed by atoms with Gasteiger partial charge in [-0.2, -0.15) is 0 Å². The SMILES string of the molecule is NCC1(c2cccc(Cl)c2)CCC(N(CC(=O)O)C(=O)CNc2cccc(C(=O)O)c2)CC1. The number of nitrogens with two attached hydrogens (primary N) is 1. The maximum atomic E-state index is 13.0. The van der Waals surface area contributed by atoms with E-state index in [4.69, 9.17) is 22.4 Å². The minimum atomic E-state index is -1.08. The van der Waals surface area contributed by atoms with Crippen LogP contribution in [0.4, 0.5) is 5.69 Å². The molecular weight excluding hydrogens is 446 g/mol. The van der Waals surface area contributed by atoms with E-state index in [-0.39, 0.29) is 29.5 Å². The Kier molecular flexibility index (Phi) is 7.94. The fraction of sp³-hybridized carbons (Fsp3) is 0.375. The predicted octanol–water partition coefficient (Wildman–Crippen LogP) is 3.20. The number of carboxylic acids is 2. The molecule has 0 aromatic heterocycles. The van der Waals surface area contributed by atoms with E-state index >= 15 is 0 Å². The molecule has 0 aliphatic heterocycles. The van der Waals surface area contributed by atoms with Gasteiger partial charge in [-0.3, -0.25) is 9.59 Å². The van der Waals surface area contributed by atoms with E-state index in [1.165, 1.54) is 17.0 Å². The number of amides is 1. The first-order chi connectivity index (χ1) is 15.7. The van der Waals surface area contributed by atoms with Crippen LogP contribution in [0.5, 0.6) is 0 Å². The average molecular weight is 474 g/mol. The molecule has 0 unspecified atom stereocenters. The molecule has 5 N–H and O–H groups in total. The van der Waals surface area contributed by atoms with Gasteiger partial charge in [-0.25, -0.2) is 4.79 Å². The van der Waals surface area contributed by atoms with E-state index < -0.39 is 18.5 Å². The van der Waals surface area contributed by atoms with E-state index in [2.05, 4.69) is 5.32 Å². The lowest BCUT2D eigenvalue weighted by Gasteiger charge is -2.43. The highest BCUT2D eigenvalue weighted by Gasteiger charge is 2.39. The minimum absolute atomic E-state index is 0.0984. The molecule has 0 radical (unpaired) electrons. The van der Waals surface area contributed by atoms with Gasteiger partial charge in [0.1, 0.15) is 6.54 Å². The first kappa shape index (κ1) is 24.5. The first-order valence-electron chi connectivity index (χ1n) is 10.8. The summed E-state index contributed by atoms with van der Waals surface area (Å²) in [6, 6.07) is 13.5. The number of hydrogen-bond acceptors (Lipinski definition) is 5. The average Bonchev–Trinajstić information content (AvgIpc) is 2.81. The topological polar surface area (TPSA) is 133 Å². The first-order valence-corrected chi connectivity index (χ1v) is 11.2. The van der Waals surface area contributed by atoms with Crippen LogP contribution in [0.2, 0.25) is 5.02 Å². The van der Waals surface area contributed by atoms with Crippen molar-refractivity contribution in [2.45, 2.75) is 37.1 Å². The van der Waals surface area contributed by atoms with Gasteiger partial charge in [-0.15, -0.1) is 0 Å². The smallest absolute Gasteiger partial charge is 0.335 e. The highest BCUT2D eigenvalue weighted by Crippen LogP contribution is 2.40. The maximum absolute atomic E-state index is 13.0. The Hall–Kier alpha value is -3.10. The number of aliphatic carboxylic acids is 1. The molecule has 1 aliphatic carbocycles. The Morgan fingerprint density at radius 1 is 1.09 bits per heavy atom. The molecule has 0 spiro atoms. The van der Waals surface area contributed by atoms with Crippen molar-refractivity contribution in [3.63, 3.8) is 0 Å². The van der Waals surface area contributed by atoms with Crippen molar-refractivity contribution in [3.8, 4) is 0 Å². The maximum Gasteiger partial charge on any atom is 0.335 e. The van der Waals surface area contributed by atoms with Crippen LogP contribution in [0.1, 0.15) is 41.6 Å². The summed E-state index contributed by atoms with van der Waals surface area (Å²) in [7, 11) is 0. The number of aromatic carboxylic acids is 1. The van der Waals surface area contributed by atoms with E-state index in [0.717, 1.165) is 5.56 Å². The molecule has 1 amide bonds. The number of carbonyl (C=O) groups is 3. The third kappa shape index (κ3) is 6.03. The van der Waals surface area contributed by atoms with Gasteiger partial charge in [0.15, 0.2) is 0 Å². The Labute approximate surface area is 197 Å². The largest absolute Gasteiger partial charge is 0.480 e. The van der Waals surface area contributed by atoms with Crippen molar-refractivity contribution >= 4 is 35.1 Å². The zero-order valence-electron chi connectivity index (χ0n) is 18.2. The van der Waals surface area contributed by atoms with Gasteiger partial charge in [0, 0.05) is 28.7 Å². The summed E-state index contributed by atoms with van der Waals surface area (Å²) in [5.41, 5.74) is 7.54. The van der Waals surface area contributed by atoms with Gasteiger partial charge in [-0.05, 0) is 61.6 Å². The van der Waals surface area contributed by atoms with Crippen LogP contribution in [-0.4, -0.2) is 58.6 Å². The van der Waals surface area contributed by atoms with Gasteiger partial charge in [0.2, 0.25) is 5.91 Å². The third-order valence-corrected chi connectivity index (χ3v) is 6.60. The number of rotatable bonds is 9. The zero-order valence-corrected chi connectivity index (χ0v) is 18.9. The number of nitrogens with one attached hydrogen (secondary N) is 1. The Bertz CT molecular complexity index is 1020. The Morgan fingerprint density at radius 3 is 2.39 bits per heavy atom. The van der Waals surface area contributed by atoms with Crippen LogP contribution >= 0.6 is 11.6 Å². The van der Waals surface area contributed by atoms with Crippen LogP contribution in [0, 0.1) is 0 Å². The molecule has 8 nitrogen and oxygen atoms in total. The molecule has 2 aromatic rings. The molecule has 0 heterocycles.